The molecular formula is C31H54O2. The maximum absolute atomic E-state index is 11.3. The highest BCUT2D eigenvalue weighted by Gasteiger charge is 2.61. The van der Waals surface area contributed by atoms with Crippen LogP contribution in [0.4, 0.5) is 0 Å². The van der Waals surface area contributed by atoms with E-state index in [1.165, 1.54) is 77.0 Å². The minimum Gasteiger partial charge on any atom is -0.393 e. The van der Waals surface area contributed by atoms with Crippen molar-refractivity contribution in [1.82, 2.24) is 0 Å². The molecule has 0 aromatic heterocycles. The lowest BCUT2D eigenvalue weighted by Crippen LogP contribution is -2.56. The van der Waals surface area contributed by atoms with Gasteiger partial charge in [0, 0.05) is 0 Å². The van der Waals surface area contributed by atoms with E-state index in [1.54, 1.807) is 0 Å². The number of rotatable bonds is 5. The number of aliphatic hydroxyl groups excluding tert-OH is 1. The van der Waals surface area contributed by atoms with Crippen LogP contribution in [0.3, 0.4) is 0 Å². The third-order valence-corrected chi connectivity index (χ3v) is 13.1. The SMILES string of the molecule is CC[C@]1(O)CC[C@@]2(C)[C@@H](CC[C@@H]3[C@@H]2CC[C@]2(C)[C@@H]([C@H](C)[C@@H](O)CC4CCCCC4)CC[C@@H]32)C1. The van der Waals surface area contributed by atoms with E-state index in [9.17, 15) is 10.2 Å². The quantitative estimate of drug-likeness (QED) is 0.442. The summed E-state index contributed by atoms with van der Waals surface area (Å²) in [5.41, 5.74) is 0.508. The molecule has 0 saturated heterocycles. The molecule has 5 fully saturated rings. The first-order chi connectivity index (χ1) is 15.7. The van der Waals surface area contributed by atoms with Crippen LogP contribution < -0.4 is 0 Å². The van der Waals surface area contributed by atoms with Gasteiger partial charge in [0.05, 0.1) is 11.7 Å². The van der Waals surface area contributed by atoms with Crippen molar-refractivity contribution >= 4 is 0 Å². The number of hydrogen-bond donors (Lipinski definition) is 2. The maximum atomic E-state index is 11.3. The van der Waals surface area contributed by atoms with Crippen molar-refractivity contribution in [2.24, 2.45) is 52.3 Å². The van der Waals surface area contributed by atoms with Gasteiger partial charge in [0.25, 0.3) is 0 Å². The molecule has 0 aliphatic heterocycles. The Labute approximate surface area is 204 Å². The number of aliphatic hydroxyl groups is 2. The standard InChI is InChI=1S/C31H54O2/c1-5-31(33)18-17-29(3)23(20-31)11-12-24-26-14-13-25(30(26,4)16-15-27(24)29)21(2)28(32)19-22-9-7-6-8-10-22/h21-28,32-33H,5-20H2,1-4H3/t21-,23-,24-,25+,26-,27-,28-,29-,30+,31-/m0/s1. The fourth-order valence-corrected chi connectivity index (χ4v) is 10.8. The van der Waals surface area contributed by atoms with E-state index in [1.807, 2.05) is 0 Å². The van der Waals surface area contributed by atoms with Gasteiger partial charge >= 0.3 is 0 Å². The molecule has 0 bridgehead atoms. The van der Waals surface area contributed by atoms with Gasteiger partial charge in [0.15, 0.2) is 0 Å². The molecule has 190 valence electrons. The molecule has 0 unspecified atom stereocenters. The molecule has 0 amide bonds. The second-order valence-corrected chi connectivity index (χ2v) is 14.3. The fourth-order valence-electron chi connectivity index (χ4n) is 10.8. The van der Waals surface area contributed by atoms with Crippen LogP contribution >= 0.6 is 0 Å². The Hall–Kier alpha value is -0.0800. The molecule has 10 atom stereocenters. The highest BCUT2D eigenvalue weighted by atomic mass is 16.3. The van der Waals surface area contributed by atoms with Crippen molar-refractivity contribution in [2.75, 3.05) is 0 Å². The first kappa shape index (κ1) is 24.6. The Morgan fingerprint density at radius 1 is 0.818 bits per heavy atom. The molecule has 5 aliphatic carbocycles. The number of fused-ring (bicyclic) bond motifs is 5. The molecule has 2 heteroatoms. The zero-order chi connectivity index (χ0) is 23.4. The van der Waals surface area contributed by atoms with Gasteiger partial charge < -0.3 is 10.2 Å². The Kier molecular flexibility index (Phi) is 6.78. The lowest BCUT2D eigenvalue weighted by atomic mass is 9.43. The zero-order valence-electron chi connectivity index (χ0n) is 22.3. The highest BCUT2D eigenvalue weighted by molar-refractivity contribution is 5.11. The molecule has 2 N–H and O–H groups in total. The van der Waals surface area contributed by atoms with Crippen molar-refractivity contribution in [1.29, 1.82) is 0 Å². The van der Waals surface area contributed by atoms with Gasteiger partial charge in [-0.3, -0.25) is 0 Å². The average molecular weight is 459 g/mol. The molecule has 0 radical (unpaired) electrons. The Balaban J connectivity index is 1.28. The summed E-state index contributed by atoms with van der Waals surface area (Å²) in [7, 11) is 0. The van der Waals surface area contributed by atoms with Gasteiger partial charge in [-0.15, -0.1) is 0 Å². The van der Waals surface area contributed by atoms with Crippen molar-refractivity contribution in [3.05, 3.63) is 0 Å². The topological polar surface area (TPSA) is 40.5 Å². The summed E-state index contributed by atoms with van der Waals surface area (Å²) in [5.74, 6) is 5.32. The normalized spacial score (nSPS) is 50.2. The third kappa shape index (κ3) is 4.16. The molecule has 5 saturated carbocycles. The van der Waals surface area contributed by atoms with Gasteiger partial charge in [-0.1, -0.05) is 59.8 Å². The van der Waals surface area contributed by atoms with Crippen LogP contribution in [0.5, 0.6) is 0 Å². The first-order valence-corrected chi connectivity index (χ1v) is 15.1. The summed E-state index contributed by atoms with van der Waals surface area (Å²) in [5, 5.41) is 22.4. The van der Waals surface area contributed by atoms with Crippen LogP contribution in [0.1, 0.15) is 130 Å². The summed E-state index contributed by atoms with van der Waals surface area (Å²) in [6.07, 6.45) is 20.4. The smallest absolute Gasteiger partial charge is 0.0648 e. The molecule has 0 aromatic rings. The Morgan fingerprint density at radius 2 is 1.55 bits per heavy atom. The van der Waals surface area contributed by atoms with Gasteiger partial charge in [-0.2, -0.15) is 0 Å². The van der Waals surface area contributed by atoms with Crippen LogP contribution in [-0.2, 0) is 0 Å². The van der Waals surface area contributed by atoms with E-state index in [2.05, 4.69) is 27.7 Å². The van der Waals surface area contributed by atoms with Crippen LogP contribution in [0.2, 0.25) is 0 Å². The van der Waals surface area contributed by atoms with E-state index in [-0.39, 0.29) is 11.7 Å². The average Bonchev–Trinajstić information content (AvgIpc) is 3.17. The zero-order valence-corrected chi connectivity index (χ0v) is 22.3. The second kappa shape index (κ2) is 9.10. The molecule has 5 aliphatic rings. The van der Waals surface area contributed by atoms with Gasteiger partial charge in [0.2, 0.25) is 0 Å². The summed E-state index contributed by atoms with van der Waals surface area (Å²) in [6, 6.07) is 0. The maximum Gasteiger partial charge on any atom is 0.0648 e. The summed E-state index contributed by atoms with van der Waals surface area (Å²) < 4.78 is 0. The van der Waals surface area contributed by atoms with Gasteiger partial charge in [0.1, 0.15) is 0 Å². The number of hydrogen-bond acceptors (Lipinski definition) is 2. The van der Waals surface area contributed by atoms with E-state index >= 15 is 0 Å². The Morgan fingerprint density at radius 3 is 2.27 bits per heavy atom. The van der Waals surface area contributed by atoms with Crippen molar-refractivity contribution in [2.45, 2.75) is 142 Å². The van der Waals surface area contributed by atoms with Crippen molar-refractivity contribution in [3.63, 3.8) is 0 Å². The molecule has 5 rings (SSSR count). The first-order valence-electron chi connectivity index (χ1n) is 15.1. The molecule has 0 aromatic carbocycles. The van der Waals surface area contributed by atoms with E-state index in [4.69, 9.17) is 0 Å². The largest absolute Gasteiger partial charge is 0.393 e. The molecule has 0 heterocycles. The predicted molar refractivity (Wildman–Crippen MR) is 137 cm³/mol. The third-order valence-electron chi connectivity index (χ3n) is 13.1. The summed E-state index contributed by atoms with van der Waals surface area (Å²) in [6.45, 7) is 9.85. The molecule has 2 nitrogen and oxygen atoms in total. The minimum absolute atomic E-state index is 0.0929. The lowest BCUT2D eigenvalue weighted by molar-refractivity contribution is -0.154. The van der Waals surface area contributed by atoms with E-state index in [0.717, 1.165) is 55.3 Å². The van der Waals surface area contributed by atoms with Crippen molar-refractivity contribution < 1.29 is 10.2 Å². The monoisotopic (exact) mass is 458 g/mol. The second-order valence-electron chi connectivity index (χ2n) is 14.3. The van der Waals surface area contributed by atoms with E-state index in [0.29, 0.717) is 22.7 Å². The highest BCUT2D eigenvalue weighted by Crippen LogP contribution is 2.69. The summed E-state index contributed by atoms with van der Waals surface area (Å²) in [4.78, 5) is 0. The fraction of sp³-hybridized carbons (Fsp3) is 1.00. The van der Waals surface area contributed by atoms with Gasteiger partial charge in [-0.05, 0) is 123 Å². The minimum atomic E-state index is -0.386. The predicted octanol–water partition coefficient (Wildman–Crippen LogP) is 7.75. The van der Waals surface area contributed by atoms with Crippen LogP contribution in [-0.4, -0.2) is 21.9 Å². The summed E-state index contributed by atoms with van der Waals surface area (Å²) >= 11 is 0. The Bertz CT molecular complexity index is 684. The van der Waals surface area contributed by atoms with E-state index < -0.39 is 0 Å². The van der Waals surface area contributed by atoms with Crippen LogP contribution in [0.25, 0.3) is 0 Å². The lowest BCUT2D eigenvalue weighted by Gasteiger charge is -2.62. The molecule has 0 spiro atoms. The molecule has 33 heavy (non-hydrogen) atoms. The van der Waals surface area contributed by atoms with Gasteiger partial charge in [-0.25, -0.2) is 0 Å². The van der Waals surface area contributed by atoms with Crippen LogP contribution in [0.15, 0.2) is 0 Å². The van der Waals surface area contributed by atoms with Crippen LogP contribution in [0, 0.1) is 52.3 Å². The van der Waals surface area contributed by atoms with Crippen molar-refractivity contribution in [3.8, 4) is 0 Å². The molecular weight excluding hydrogens is 404 g/mol.